The van der Waals surface area contributed by atoms with Gasteiger partial charge in [0.25, 0.3) is 11.8 Å². The highest BCUT2D eigenvalue weighted by Gasteiger charge is 2.61. The van der Waals surface area contributed by atoms with Crippen LogP contribution in [0.25, 0.3) is 0 Å². The smallest absolute Gasteiger partial charge is 0.312 e. The number of nitrogens with one attached hydrogen (secondary N) is 2. The average molecular weight is 322 g/mol. The molecule has 22 heavy (non-hydrogen) atoms. The fourth-order valence-corrected chi connectivity index (χ4v) is 3.41. The summed E-state index contributed by atoms with van der Waals surface area (Å²) in [5.41, 5.74) is 0.186. The normalized spacial score (nSPS) is 23.3. The van der Waals surface area contributed by atoms with Crippen LogP contribution < -0.4 is 15.5 Å². The van der Waals surface area contributed by atoms with Gasteiger partial charge in [-0.2, -0.15) is 0 Å². The Morgan fingerprint density at radius 2 is 1.95 bits per heavy atom. The largest absolute Gasteiger partial charge is 0.323 e. The van der Waals surface area contributed by atoms with Gasteiger partial charge in [0, 0.05) is 17.1 Å². The number of benzene rings is 1. The lowest BCUT2D eigenvalue weighted by Gasteiger charge is -2.23. The van der Waals surface area contributed by atoms with Crippen molar-refractivity contribution in [1.82, 2.24) is 10.6 Å². The van der Waals surface area contributed by atoms with Gasteiger partial charge in [-0.25, -0.2) is 4.79 Å². The summed E-state index contributed by atoms with van der Waals surface area (Å²) in [5, 5.41) is 5.07. The number of carbonyl (C=O) groups is 3. The molecule has 2 aliphatic heterocycles. The number of amides is 4. The highest BCUT2D eigenvalue weighted by atomic mass is 35.5. The third-order valence-electron chi connectivity index (χ3n) is 3.92. The summed E-state index contributed by atoms with van der Waals surface area (Å²) in [4.78, 5) is 38.5. The van der Waals surface area contributed by atoms with E-state index in [0.29, 0.717) is 22.8 Å². The van der Waals surface area contributed by atoms with E-state index < -0.39 is 23.4 Å². The van der Waals surface area contributed by atoms with Crippen LogP contribution in [0, 0.1) is 12.8 Å². The van der Waals surface area contributed by atoms with Gasteiger partial charge in [-0.1, -0.05) is 25.4 Å². The number of carbonyl (C=O) groups excluding carboxylic acids is 3. The molecule has 2 N–H and O–H groups in total. The Morgan fingerprint density at radius 1 is 1.27 bits per heavy atom. The maximum atomic E-state index is 12.9. The molecule has 2 aliphatic rings. The van der Waals surface area contributed by atoms with Crippen LogP contribution in [-0.2, 0) is 15.1 Å². The van der Waals surface area contributed by atoms with Gasteiger partial charge in [0.15, 0.2) is 0 Å². The monoisotopic (exact) mass is 321 g/mol. The molecular formula is C15H16ClN3O3. The molecular weight excluding hydrogens is 306 g/mol. The summed E-state index contributed by atoms with van der Waals surface area (Å²) in [7, 11) is 0. The van der Waals surface area contributed by atoms with Crippen LogP contribution in [0.15, 0.2) is 12.1 Å². The standard InChI is InChI=1S/C15H16ClN3O3/c1-7(2)6-19-11-8(3)4-9(16)5-10(11)15(13(19)21)12(20)17-14(22)18-15/h4-5,7H,6H2,1-3H3,(H2,17,18,20,22). The zero-order valence-electron chi connectivity index (χ0n) is 12.5. The zero-order chi connectivity index (χ0) is 16.2. The number of fused-ring (bicyclic) bond motifs is 2. The predicted molar refractivity (Wildman–Crippen MR) is 81.7 cm³/mol. The Bertz CT molecular complexity index is 716. The van der Waals surface area contributed by atoms with Crippen molar-refractivity contribution in [3.63, 3.8) is 0 Å². The Morgan fingerprint density at radius 3 is 2.50 bits per heavy atom. The summed E-state index contributed by atoms with van der Waals surface area (Å²) in [6, 6.07) is 2.65. The fourth-order valence-electron chi connectivity index (χ4n) is 3.13. The number of urea groups is 1. The van der Waals surface area contributed by atoms with Crippen LogP contribution in [0.4, 0.5) is 10.5 Å². The topological polar surface area (TPSA) is 78.5 Å². The van der Waals surface area contributed by atoms with Crippen molar-refractivity contribution >= 4 is 35.1 Å². The summed E-state index contributed by atoms with van der Waals surface area (Å²) < 4.78 is 0. The molecule has 116 valence electrons. The van der Waals surface area contributed by atoms with Gasteiger partial charge in [0.05, 0.1) is 5.69 Å². The first-order valence-electron chi connectivity index (χ1n) is 7.03. The lowest BCUT2D eigenvalue weighted by molar-refractivity contribution is -0.134. The van der Waals surface area contributed by atoms with Crippen molar-refractivity contribution in [3.05, 3.63) is 28.3 Å². The average Bonchev–Trinajstić information content (AvgIpc) is 2.80. The molecule has 1 unspecified atom stereocenters. The van der Waals surface area contributed by atoms with E-state index in [2.05, 4.69) is 10.6 Å². The molecule has 7 heteroatoms. The molecule has 1 atom stereocenters. The molecule has 1 spiro atoms. The molecule has 4 amide bonds. The van der Waals surface area contributed by atoms with E-state index >= 15 is 0 Å². The number of nitrogens with zero attached hydrogens (tertiary/aromatic N) is 1. The second kappa shape index (κ2) is 4.71. The molecule has 0 aromatic heterocycles. The van der Waals surface area contributed by atoms with Gasteiger partial charge >= 0.3 is 6.03 Å². The van der Waals surface area contributed by atoms with Gasteiger partial charge in [-0.3, -0.25) is 14.9 Å². The zero-order valence-corrected chi connectivity index (χ0v) is 13.2. The molecule has 1 aromatic rings. The van der Waals surface area contributed by atoms with Crippen molar-refractivity contribution in [3.8, 4) is 0 Å². The number of hydrogen-bond donors (Lipinski definition) is 2. The number of aryl methyl sites for hydroxylation is 1. The van der Waals surface area contributed by atoms with Crippen LogP contribution in [0.5, 0.6) is 0 Å². The minimum Gasteiger partial charge on any atom is -0.312 e. The summed E-state index contributed by atoms with van der Waals surface area (Å²) in [6.45, 7) is 6.26. The minimum absolute atomic E-state index is 0.210. The predicted octanol–water partition coefficient (Wildman–Crippen LogP) is 1.69. The molecule has 0 radical (unpaired) electrons. The molecule has 0 bridgehead atoms. The van der Waals surface area contributed by atoms with E-state index in [1.165, 1.54) is 0 Å². The van der Waals surface area contributed by atoms with Crippen molar-refractivity contribution < 1.29 is 14.4 Å². The van der Waals surface area contributed by atoms with E-state index in [0.717, 1.165) is 5.56 Å². The van der Waals surface area contributed by atoms with Gasteiger partial charge < -0.3 is 10.2 Å². The minimum atomic E-state index is -1.70. The maximum Gasteiger partial charge on any atom is 0.323 e. The second-order valence-electron chi connectivity index (χ2n) is 6.09. The Labute approximate surface area is 132 Å². The maximum absolute atomic E-state index is 12.9. The highest BCUT2D eigenvalue weighted by molar-refractivity contribution is 6.32. The number of rotatable bonds is 2. The number of anilines is 1. The summed E-state index contributed by atoms with van der Waals surface area (Å²) >= 11 is 6.10. The molecule has 6 nitrogen and oxygen atoms in total. The van der Waals surface area contributed by atoms with E-state index in [1.807, 2.05) is 20.8 Å². The van der Waals surface area contributed by atoms with Crippen molar-refractivity contribution in [2.45, 2.75) is 26.3 Å². The van der Waals surface area contributed by atoms with Crippen LogP contribution in [0.3, 0.4) is 0 Å². The van der Waals surface area contributed by atoms with Crippen LogP contribution >= 0.6 is 11.6 Å². The van der Waals surface area contributed by atoms with Gasteiger partial charge in [-0.05, 0) is 30.5 Å². The molecule has 1 saturated heterocycles. The number of halogens is 1. The molecule has 1 aromatic carbocycles. The Kier molecular flexibility index (Phi) is 3.18. The van der Waals surface area contributed by atoms with E-state index in [1.54, 1.807) is 17.0 Å². The Hall–Kier alpha value is -2.08. The van der Waals surface area contributed by atoms with Gasteiger partial charge in [-0.15, -0.1) is 0 Å². The van der Waals surface area contributed by atoms with Crippen LogP contribution in [0.1, 0.15) is 25.0 Å². The van der Waals surface area contributed by atoms with E-state index in [4.69, 9.17) is 11.6 Å². The third-order valence-corrected chi connectivity index (χ3v) is 4.14. The summed E-state index contributed by atoms with van der Waals surface area (Å²) in [6.07, 6.45) is 0. The van der Waals surface area contributed by atoms with Crippen molar-refractivity contribution in [2.75, 3.05) is 11.4 Å². The number of hydrogen-bond acceptors (Lipinski definition) is 3. The number of imide groups is 1. The van der Waals surface area contributed by atoms with Crippen molar-refractivity contribution in [2.24, 2.45) is 5.92 Å². The van der Waals surface area contributed by atoms with E-state index in [9.17, 15) is 14.4 Å². The lowest BCUT2D eigenvalue weighted by atomic mass is 9.90. The molecule has 3 rings (SSSR count). The fraction of sp³-hybridized carbons (Fsp3) is 0.400. The SMILES string of the molecule is Cc1cc(Cl)cc2c1N(CC(C)C)C(=O)C21NC(=O)NC1=O. The molecule has 1 fully saturated rings. The van der Waals surface area contributed by atoms with Crippen LogP contribution in [0.2, 0.25) is 5.02 Å². The first-order valence-corrected chi connectivity index (χ1v) is 7.41. The Balaban J connectivity index is 2.26. The van der Waals surface area contributed by atoms with Gasteiger partial charge in [0.2, 0.25) is 5.54 Å². The van der Waals surface area contributed by atoms with Gasteiger partial charge in [0.1, 0.15) is 0 Å². The third kappa shape index (κ3) is 1.83. The quantitative estimate of drug-likeness (QED) is 0.642. The highest BCUT2D eigenvalue weighted by Crippen LogP contribution is 2.45. The first-order chi connectivity index (χ1) is 10.3. The molecule has 0 saturated carbocycles. The molecule has 0 aliphatic carbocycles. The van der Waals surface area contributed by atoms with E-state index in [-0.39, 0.29) is 5.92 Å². The summed E-state index contributed by atoms with van der Waals surface area (Å²) in [5.74, 6) is -0.885. The lowest BCUT2D eigenvalue weighted by Crippen LogP contribution is -2.52. The van der Waals surface area contributed by atoms with Crippen LogP contribution in [-0.4, -0.2) is 24.4 Å². The first kappa shape index (κ1) is 14.8. The van der Waals surface area contributed by atoms with Crippen molar-refractivity contribution in [1.29, 1.82) is 0 Å². The molecule has 2 heterocycles. The second-order valence-corrected chi connectivity index (χ2v) is 6.52.